The molecule has 1 aromatic heterocycles. The molecule has 1 unspecified atom stereocenters. The zero-order valence-corrected chi connectivity index (χ0v) is 11.3. The zero-order chi connectivity index (χ0) is 14.1. The molecule has 0 radical (unpaired) electrons. The van der Waals surface area contributed by atoms with Gasteiger partial charge in [0.25, 0.3) is 0 Å². The zero-order valence-electron chi connectivity index (χ0n) is 11.3. The summed E-state index contributed by atoms with van der Waals surface area (Å²) in [6.45, 7) is 1.99. The fourth-order valence-electron chi connectivity index (χ4n) is 2.33. The average molecular weight is 269 g/mol. The van der Waals surface area contributed by atoms with Crippen LogP contribution < -0.4 is 5.73 Å². The molecule has 1 atom stereocenters. The van der Waals surface area contributed by atoms with Gasteiger partial charge in [-0.15, -0.1) is 0 Å². The SMILES string of the molecule is CC(N)Cc1ccc(-c2cc3cc(F)ccc3o2)cc1. The van der Waals surface area contributed by atoms with E-state index < -0.39 is 0 Å². The van der Waals surface area contributed by atoms with Crippen LogP contribution in [-0.2, 0) is 6.42 Å². The summed E-state index contributed by atoms with van der Waals surface area (Å²) in [7, 11) is 0. The van der Waals surface area contributed by atoms with Gasteiger partial charge in [-0.05, 0) is 43.2 Å². The van der Waals surface area contributed by atoms with Crippen molar-refractivity contribution in [3.05, 3.63) is 59.9 Å². The first-order valence-electron chi connectivity index (χ1n) is 6.66. The maximum atomic E-state index is 13.2. The quantitative estimate of drug-likeness (QED) is 0.776. The average Bonchev–Trinajstić information content (AvgIpc) is 2.81. The molecule has 0 saturated heterocycles. The molecule has 0 bridgehead atoms. The van der Waals surface area contributed by atoms with Crippen molar-refractivity contribution in [3.8, 4) is 11.3 Å². The molecule has 0 fully saturated rings. The van der Waals surface area contributed by atoms with E-state index in [-0.39, 0.29) is 11.9 Å². The van der Waals surface area contributed by atoms with Crippen molar-refractivity contribution in [2.75, 3.05) is 0 Å². The van der Waals surface area contributed by atoms with Gasteiger partial charge < -0.3 is 10.2 Å². The third-order valence-electron chi connectivity index (χ3n) is 3.27. The second-order valence-electron chi connectivity index (χ2n) is 5.17. The molecule has 3 aromatic rings. The Hall–Kier alpha value is -2.13. The van der Waals surface area contributed by atoms with E-state index in [0.29, 0.717) is 5.58 Å². The summed E-state index contributed by atoms with van der Waals surface area (Å²) in [6, 6.07) is 14.7. The van der Waals surface area contributed by atoms with Crippen molar-refractivity contribution in [3.63, 3.8) is 0 Å². The molecule has 0 spiro atoms. The number of nitrogens with two attached hydrogens (primary N) is 1. The summed E-state index contributed by atoms with van der Waals surface area (Å²) >= 11 is 0. The molecular formula is C17H16FNO. The number of benzene rings is 2. The van der Waals surface area contributed by atoms with E-state index in [4.69, 9.17) is 10.2 Å². The van der Waals surface area contributed by atoms with Crippen LogP contribution in [0.4, 0.5) is 4.39 Å². The topological polar surface area (TPSA) is 39.2 Å². The third kappa shape index (κ3) is 2.58. The minimum atomic E-state index is -0.253. The van der Waals surface area contributed by atoms with Crippen molar-refractivity contribution in [1.82, 2.24) is 0 Å². The second-order valence-corrected chi connectivity index (χ2v) is 5.17. The molecular weight excluding hydrogens is 253 g/mol. The van der Waals surface area contributed by atoms with Gasteiger partial charge in [-0.2, -0.15) is 0 Å². The fourth-order valence-corrected chi connectivity index (χ4v) is 2.33. The Bertz CT molecular complexity index is 728. The molecule has 0 saturated carbocycles. The second kappa shape index (κ2) is 5.10. The summed E-state index contributed by atoms with van der Waals surface area (Å²) in [5.74, 6) is 0.495. The largest absolute Gasteiger partial charge is 0.456 e. The minimum absolute atomic E-state index is 0.148. The highest BCUT2D eigenvalue weighted by atomic mass is 19.1. The Kier molecular flexibility index (Phi) is 3.28. The number of fused-ring (bicyclic) bond motifs is 1. The van der Waals surface area contributed by atoms with Crippen molar-refractivity contribution in [1.29, 1.82) is 0 Å². The Labute approximate surface area is 117 Å². The Balaban J connectivity index is 1.94. The number of hydrogen-bond acceptors (Lipinski definition) is 2. The van der Waals surface area contributed by atoms with E-state index in [2.05, 4.69) is 0 Å². The third-order valence-corrected chi connectivity index (χ3v) is 3.27. The summed E-state index contributed by atoms with van der Waals surface area (Å²) in [6.07, 6.45) is 0.853. The Morgan fingerprint density at radius 3 is 2.55 bits per heavy atom. The van der Waals surface area contributed by atoms with Crippen LogP contribution >= 0.6 is 0 Å². The summed E-state index contributed by atoms with van der Waals surface area (Å²) in [4.78, 5) is 0. The lowest BCUT2D eigenvalue weighted by molar-refractivity contribution is 0.619. The molecule has 102 valence electrons. The molecule has 1 heterocycles. The lowest BCUT2D eigenvalue weighted by Crippen LogP contribution is -2.17. The predicted molar refractivity (Wildman–Crippen MR) is 79.0 cm³/mol. The monoisotopic (exact) mass is 269 g/mol. The number of furan rings is 1. The first kappa shape index (κ1) is 12.9. The summed E-state index contributed by atoms with van der Waals surface area (Å²) in [5, 5.41) is 0.777. The van der Waals surface area contributed by atoms with Gasteiger partial charge in [0.1, 0.15) is 17.2 Å². The van der Waals surface area contributed by atoms with E-state index >= 15 is 0 Å². The van der Waals surface area contributed by atoms with E-state index in [1.165, 1.54) is 17.7 Å². The van der Waals surface area contributed by atoms with Gasteiger partial charge in [-0.25, -0.2) is 4.39 Å². The van der Waals surface area contributed by atoms with E-state index in [9.17, 15) is 4.39 Å². The summed E-state index contributed by atoms with van der Waals surface area (Å²) < 4.78 is 18.9. The van der Waals surface area contributed by atoms with Gasteiger partial charge in [0, 0.05) is 17.0 Å². The maximum Gasteiger partial charge on any atom is 0.135 e. The normalized spacial score (nSPS) is 12.8. The molecule has 3 heteroatoms. The minimum Gasteiger partial charge on any atom is -0.456 e. The number of rotatable bonds is 3. The molecule has 0 aliphatic rings. The van der Waals surface area contributed by atoms with Crippen molar-refractivity contribution in [2.45, 2.75) is 19.4 Å². The van der Waals surface area contributed by atoms with Gasteiger partial charge in [0.2, 0.25) is 0 Å². The highest BCUT2D eigenvalue weighted by Crippen LogP contribution is 2.28. The molecule has 0 aliphatic heterocycles. The van der Waals surface area contributed by atoms with Crippen LogP contribution in [0.15, 0.2) is 52.9 Å². The van der Waals surface area contributed by atoms with Crippen LogP contribution in [0.25, 0.3) is 22.3 Å². The molecule has 2 aromatic carbocycles. The molecule has 0 aliphatic carbocycles. The number of hydrogen-bond donors (Lipinski definition) is 1. The fraction of sp³-hybridized carbons (Fsp3) is 0.176. The standard InChI is InChI=1S/C17H16FNO/c1-11(19)8-12-2-4-13(5-3-12)17-10-14-9-15(18)6-7-16(14)20-17/h2-7,9-11H,8,19H2,1H3. The van der Waals surface area contributed by atoms with E-state index in [0.717, 1.165) is 23.1 Å². The highest BCUT2D eigenvalue weighted by Gasteiger charge is 2.07. The first-order chi connectivity index (χ1) is 9.61. The first-order valence-corrected chi connectivity index (χ1v) is 6.66. The molecule has 2 nitrogen and oxygen atoms in total. The highest BCUT2D eigenvalue weighted by molar-refractivity contribution is 5.82. The van der Waals surface area contributed by atoms with Crippen LogP contribution in [0.3, 0.4) is 0 Å². The molecule has 2 N–H and O–H groups in total. The lowest BCUT2D eigenvalue weighted by Gasteiger charge is -2.05. The van der Waals surface area contributed by atoms with Crippen LogP contribution in [0.2, 0.25) is 0 Å². The van der Waals surface area contributed by atoms with E-state index in [1.54, 1.807) is 6.07 Å². The van der Waals surface area contributed by atoms with Gasteiger partial charge in [0.15, 0.2) is 0 Å². The van der Waals surface area contributed by atoms with Gasteiger partial charge in [-0.3, -0.25) is 0 Å². The van der Waals surface area contributed by atoms with E-state index in [1.807, 2.05) is 37.3 Å². The van der Waals surface area contributed by atoms with Crippen molar-refractivity contribution < 1.29 is 8.81 Å². The van der Waals surface area contributed by atoms with Crippen LogP contribution in [0.5, 0.6) is 0 Å². The Morgan fingerprint density at radius 1 is 1.10 bits per heavy atom. The molecule has 3 rings (SSSR count). The van der Waals surface area contributed by atoms with Gasteiger partial charge >= 0.3 is 0 Å². The smallest absolute Gasteiger partial charge is 0.135 e. The maximum absolute atomic E-state index is 13.2. The Morgan fingerprint density at radius 2 is 1.85 bits per heavy atom. The van der Waals surface area contributed by atoms with Gasteiger partial charge in [0.05, 0.1) is 0 Å². The molecule has 0 amide bonds. The van der Waals surface area contributed by atoms with Crippen LogP contribution in [-0.4, -0.2) is 6.04 Å². The van der Waals surface area contributed by atoms with Gasteiger partial charge in [-0.1, -0.05) is 24.3 Å². The summed E-state index contributed by atoms with van der Waals surface area (Å²) in [5.41, 5.74) is 8.66. The lowest BCUT2D eigenvalue weighted by atomic mass is 10.0. The predicted octanol–water partition coefficient (Wildman–Crippen LogP) is 4.13. The van der Waals surface area contributed by atoms with Crippen LogP contribution in [0.1, 0.15) is 12.5 Å². The van der Waals surface area contributed by atoms with Crippen molar-refractivity contribution >= 4 is 11.0 Å². The number of halogens is 1. The van der Waals surface area contributed by atoms with Crippen LogP contribution in [0, 0.1) is 5.82 Å². The van der Waals surface area contributed by atoms with Crippen molar-refractivity contribution in [2.24, 2.45) is 5.73 Å². The molecule has 20 heavy (non-hydrogen) atoms.